The summed E-state index contributed by atoms with van der Waals surface area (Å²) in [5, 5.41) is 13.7. The summed E-state index contributed by atoms with van der Waals surface area (Å²) < 4.78 is 5.36. The van der Waals surface area contributed by atoms with Gasteiger partial charge in [0, 0.05) is 31.4 Å². The smallest absolute Gasteiger partial charge is 0.138 e. The minimum atomic E-state index is 0.186. The maximum absolute atomic E-state index is 9.83. The second-order valence-corrected chi connectivity index (χ2v) is 5.27. The maximum atomic E-state index is 9.83. The van der Waals surface area contributed by atoms with Crippen molar-refractivity contribution in [2.45, 2.75) is 32.4 Å². The average Bonchev–Trinajstić information content (AvgIpc) is 2.41. The quantitative estimate of drug-likeness (QED) is 0.883. The van der Waals surface area contributed by atoms with Gasteiger partial charge in [0.05, 0.1) is 5.02 Å². The Morgan fingerprint density at radius 3 is 2.89 bits per heavy atom. The third-order valence-corrected chi connectivity index (χ3v) is 3.96. The van der Waals surface area contributed by atoms with E-state index in [1.54, 1.807) is 6.07 Å². The minimum absolute atomic E-state index is 0.186. The first-order chi connectivity index (χ1) is 8.68. The zero-order valence-corrected chi connectivity index (χ0v) is 11.4. The van der Waals surface area contributed by atoms with E-state index >= 15 is 0 Å². The molecule has 0 radical (unpaired) electrons. The molecule has 1 aliphatic rings. The number of halogens is 1. The Hall–Kier alpha value is -0.770. The molecule has 3 nitrogen and oxygen atoms in total. The lowest BCUT2D eigenvalue weighted by Crippen LogP contribution is -2.36. The van der Waals surface area contributed by atoms with Gasteiger partial charge in [0.2, 0.25) is 0 Å². The van der Waals surface area contributed by atoms with Crippen LogP contribution in [-0.2, 0) is 11.3 Å². The van der Waals surface area contributed by atoms with Gasteiger partial charge in [-0.05, 0) is 31.7 Å². The number of phenolic OH excluding ortho intramolecular Hbond substituents is 1. The number of hydrogen-bond donors (Lipinski definition) is 2. The summed E-state index contributed by atoms with van der Waals surface area (Å²) in [7, 11) is 0. The first kappa shape index (κ1) is 13.7. The molecule has 1 aromatic rings. The van der Waals surface area contributed by atoms with Crippen molar-refractivity contribution in [2.75, 3.05) is 13.2 Å². The molecule has 18 heavy (non-hydrogen) atoms. The van der Waals surface area contributed by atoms with Crippen molar-refractivity contribution in [1.29, 1.82) is 0 Å². The number of ether oxygens (including phenoxy) is 1. The molecule has 0 amide bonds. The number of aromatic hydroxyl groups is 1. The van der Waals surface area contributed by atoms with E-state index in [1.807, 2.05) is 12.1 Å². The third kappa shape index (κ3) is 3.37. The number of phenols is 1. The summed E-state index contributed by atoms with van der Waals surface area (Å²) >= 11 is 5.88. The van der Waals surface area contributed by atoms with Crippen molar-refractivity contribution in [2.24, 2.45) is 5.92 Å². The minimum Gasteiger partial charge on any atom is -0.506 e. The second-order valence-electron chi connectivity index (χ2n) is 4.87. The van der Waals surface area contributed by atoms with Crippen LogP contribution in [0.15, 0.2) is 18.2 Å². The van der Waals surface area contributed by atoms with Crippen LogP contribution in [0.25, 0.3) is 0 Å². The molecule has 1 fully saturated rings. The molecule has 2 N–H and O–H groups in total. The molecule has 4 heteroatoms. The van der Waals surface area contributed by atoms with Crippen molar-refractivity contribution >= 4 is 11.6 Å². The number of hydrogen-bond acceptors (Lipinski definition) is 3. The fourth-order valence-electron chi connectivity index (χ4n) is 2.36. The largest absolute Gasteiger partial charge is 0.506 e. The van der Waals surface area contributed by atoms with E-state index < -0.39 is 0 Å². The van der Waals surface area contributed by atoms with Crippen LogP contribution in [0.1, 0.15) is 25.3 Å². The molecule has 0 bridgehead atoms. The van der Waals surface area contributed by atoms with Crippen molar-refractivity contribution in [3.63, 3.8) is 0 Å². The summed E-state index contributed by atoms with van der Waals surface area (Å²) in [5.74, 6) is 0.839. The molecular formula is C14H20ClNO2. The second kappa shape index (κ2) is 6.41. The summed E-state index contributed by atoms with van der Waals surface area (Å²) in [5.41, 5.74) is 0.849. The predicted molar refractivity (Wildman–Crippen MR) is 73.0 cm³/mol. The van der Waals surface area contributed by atoms with Crippen LogP contribution in [-0.4, -0.2) is 24.4 Å². The number of nitrogens with one attached hydrogen (secondary N) is 1. The lowest BCUT2D eigenvalue weighted by molar-refractivity contribution is 0.0557. The van der Waals surface area contributed by atoms with E-state index in [0.29, 0.717) is 23.5 Å². The van der Waals surface area contributed by atoms with E-state index in [2.05, 4.69) is 12.2 Å². The van der Waals surface area contributed by atoms with Crippen LogP contribution >= 0.6 is 11.6 Å². The molecule has 1 unspecified atom stereocenters. The van der Waals surface area contributed by atoms with Gasteiger partial charge in [-0.25, -0.2) is 0 Å². The van der Waals surface area contributed by atoms with Gasteiger partial charge in [-0.2, -0.15) is 0 Å². The predicted octanol–water partition coefficient (Wildman–Crippen LogP) is 2.95. The van der Waals surface area contributed by atoms with Crippen LogP contribution in [0.3, 0.4) is 0 Å². The molecule has 0 aromatic heterocycles. The highest BCUT2D eigenvalue weighted by molar-refractivity contribution is 6.32. The molecule has 1 saturated heterocycles. The average molecular weight is 270 g/mol. The molecule has 1 atom stereocenters. The zero-order valence-electron chi connectivity index (χ0n) is 10.7. The third-order valence-electron chi connectivity index (χ3n) is 3.66. The molecule has 1 heterocycles. The van der Waals surface area contributed by atoms with Gasteiger partial charge in [-0.3, -0.25) is 0 Å². The first-order valence-electron chi connectivity index (χ1n) is 6.46. The van der Waals surface area contributed by atoms with Gasteiger partial charge in [0.15, 0.2) is 0 Å². The lowest BCUT2D eigenvalue weighted by atomic mass is 9.93. The van der Waals surface area contributed by atoms with E-state index in [-0.39, 0.29) is 5.75 Å². The normalized spacial score (nSPS) is 18.8. The first-order valence-corrected chi connectivity index (χ1v) is 6.83. The Bertz CT molecular complexity index is 391. The monoisotopic (exact) mass is 269 g/mol. The number of rotatable bonds is 4. The Labute approximate surface area is 113 Å². The van der Waals surface area contributed by atoms with E-state index in [1.165, 1.54) is 0 Å². The molecule has 0 aliphatic carbocycles. The van der Waals surface area contributed by atoms with E-state index in [9.17, 15) is 5.11 Å². The molecule has 100 valence electrons. The molecule has 1 aliphatic heterocycles. The van der Waals surface area contributed by atoms with Crippen LogP contribution in [0.5, 0.6) is 5.75 Å². The Kier molecular flexibility index (Phi) is 4.87. The van der Waals surface area contributed by atoms with Crippen molar-refractivity contribution in [3.8, 4) is 5.75 Å². The highest BCUT2D eigenvalue weighted by atomic mass is 35.5. The fourth-order valence-corrected chi connectivity index (χ4v) is 2.55. The highest BCUT2D eigenvalue weighted by Gasteiger charge is 2.20. The number of benzene rings is 1. The summed E-state index contributed by atoms with van der Waals surface area (Å²) in [6.45, 7) is 4.56. The molecule has 2 rings (SSSR count). The van der Waals surface area contributed by atoms with Crippen LogP contribution in [0.2, 0.25) is 5.02 Å². The highest BCUT2D eigenvalue weighted by Crippen LogP contribution is 2.27. The van der Waals surface area contributed by atoms with Crippen molar-refractivity contribution in [3.05, 3.63) is 28.8 Å². The van der Waals surface area contributed by atoms with Crippen molar-refractivity contribution in [1.82, 2.24) is 5.32 Å². The van der Waals surface area contributed by atoms with Gasteiger partial charge in [-0.1, -0.05) is 23.7 Å². The van der Waals surface area contributed by atoms with Crippen LogP contribution in [0, 0.1) is 5.92 Å². The molecule has 1 aromatic carbocycles. The Morgan fingerprint density at radius 1 is 1.44 bits per heavy atom. The standard InChI is InChI=1S/C14H20ClNO2/c1-10(11-5-7-18-8-6-11)16-9-12-3-2-4-13(15)14(12)17/h2-4,10-11,16-17H,5-9H2,1H3. The van der Waals surface area contributed by atoms with Gasteiger partial charge >= 0.3 is 0 Å². The van der Waals surface area contributed by atoms with Crippen LogP contribution < -0.4 is 5.32 Å². The molecule has 0 saturated carbocycles. The molecule has 0 spiro atoms. The van der Waals surface area contributed by atoms with Crippen LogP contribution in [0.4, 0.5) is 0 Å². The maximum Gasteiger partial charge on any atom is 0.138 e. The summed E-state index contributed by atoms with van der Waals surface area (Å²) in [4.78, 5) is 0. The lowest BCUT2D eigenvalue weighted by Gasteiger charge is -2.28. The van der Waals surface area contributed by atoms with E-state index in [0.717, 1.165) is 31.6 Å². The van der Waals surface area contributed by atoms with Gasteiger partial charge < -0.3 is 15.2 Å². The fraction of sp³-hybridized carbons (Fsp3) is 0.571. The van der Waals surface area contributed by atoms with Gasteiger partial charge in [0.25, 0.3) is 0 Å². The van der Waals surface area contributed by atoms with Crippen molar-refractivity contribution < 1.29 is 9.84 Å². The summed E-state index contributed by atoms with van der Waals surface area (Å²) in [6, 6.07) is 5.87. The number of para-hydroxylation sites is 1. The topological polar surface area (TPSA) is 41.5 Å². The van der Waals surface area contributed by atoms with E-state index in [4.69, 9.17) is 16.3 Å². The van der Waals surface area contributed by atoms with Gasteiger partial charge in [-0.15, -0.1) is 0 Å². The zero-order chi connectivity index (χ0) is 13.0. The van der Waals surface area contributed by atoms with Gasteiger partial charge in [0.1, 0.15) is 5.75 Å². The summed E-state index contributed by atoms with van der Waals surface area (Å²) in [6.07, 6.45) is 2.21. The molecular weight excluding hydrogens is 250 g/mol. The Morgan fingerprint density at radius 2 is 2.17 bits per heavy atom. The SMILES string of the molecule is CC(NCc1cccc(Cl)c1O)C1CCOCC1. The Balaban J connectivity index is 1.88.